The third kappa shape index (κ3) is 6.47. The second kappa shape index (κ2) is 18.1. The number of hydrogen-bond donors (Lipinski definition) is 0. The van der Waals surface area contributed by atoms with Gasteiger partial charge in [0.05, 0.1) is 33.4 Å². The molecule has 19 rings (SSSR count). The number of rotatable bonds is 6. The quantitative estimate of drug-likeness (QED) is 0.155. The molecule has 0 bridgehead atoms. The van der Waals surface area contributed by atoms with Crippen LogP contribution in [0.5, 0.6) is 0 Å². The molecule has 0 N–H and O–H groups in total. The molecule has 0 spiro atoms. The van der Waals surface area contributed by atoms with E-state index in [0.717, 1.165) is 67.9 Å². The van der Waals surface area contributed by atoms with Gasteiger partial charge in [-0.2, -0.15) is 0 Å². The lowest BCUT2D eigenvalue weighted by Gasteiger charge is -2.47. The summed E-state index contributed by atoms with van der Waals surface area (Å²) in [6.45, 7) is -0.312. The first-order valence-corrected chi connectivity index (χ1v) is 29.8. The summed E-state index contributed by atoms with van der Waals surface area (Å²) in [5.41, 5.74) is 28.4. The molecule has 4 aliphatic heterocycles. The van der Waals surface area contributed by atoms with Crippen LogP contribution in [0.2, 0.25) is 0 Å². The topological polar surface area (TPSA) is 22.8 Å². The Labute approximate surface area is 498 Å². The number of fused-ring (bicyclic) bond motifs is 16. The summed E-state index contributed by atoms with van der Waals surface area (Å²) in [5.74, 6) is 0. The Balaban J connectivity index is 0.991. The van der Waals surface area contributed by atoms with Crippen LogP contribution in [0.15, 0.2) is 303 Å². The minimum atomic E-state index is -0.156. The van der Waals surface area contributed by atoms with E-state index in [2.05, 4.69) is 332 Å². The maximum absolute atomic E-state index is 2.66. The van der Waals surface area contributed by atoms with Gasteiger partial charge in [0.1, 0.15) is 0 Å². The van der Waals surface area contributed by atoms with Crippen LogP contribution in [0.1, 0.15) is 0 Å². The van der Waals surface area contributed by atoms with Crippen molar-refractivity contribution in [3.05, 3.63) is 303 Å². The van der Waals surface area contributed by atoms with Gasteiger partial charge in [0, 0.05) is 89.8 Å². The number of aromatic nitrogens is 2. The summed E-state index contributed by atoms with van der Waals surface area (Å²) in [6.07, 6.45) is 0. The molecule has 0 atom stereocenters. The SMILES string of the molecule is c1ccc(N2c3cc4c(cc3B3c5ccccc5N(c5ccccc5)c5c3c2cc2c5c3ccccc3n2-c2ccccc2)B2c3ccccc3N(c3ccccc3)c3c2c(cc2c3c3ccccc3n2-c2ccccc2)N4c2ccccc2)cc1. The minimum absolute atomic E-state index is 0.156. The molecule has 0 amide bonds. The molecule has 0 saturated heterocycles. The van der Waals surface area contributed by atoms with E-state index < -0.39 is 0 Å². The molecule has 0 aliphatic carbocycles. The molecule has 6 heterocycles. The highest BCUT2D eigenvalue weighted by atomic mass is 15.2. The minimum Gasteiger partial charge on any atom is -0.311 e. The molecule has 8 heteroatoms. The summed E-state index contributed by atoms with van der Waals surface area (Å²) in [4.78, 5) is 10.4. The summed E-state index contributed by atoms with van der Waals surface area (Å²) >= 11 is 0. The lowest BCUT2D eigenvalue weighted by molar-refractivity contribution is 1.17. The Morgan fingerprint density at radius 2 is 0.523 bits per heavy atom. The number of para-hydroxylation sites is 10. The average molecular weight is 1090 g/mol. The van der Waals surface area contributed by atoms with Gasteiger partial charge in [0.2, 0.25) is 0 Å². The normalized spacial score (nSPS) is 13.4. The van der Waals surface area contributed by atoms with E-state index in [1.807, 2.05) is 0 Å². The molecule has 0 radical (unpaired) electrons. The van der Waals surface area contributed by atoms with E-state index >= 15 is 0 Å². The lowest BCUT2D eigenvalue weighted by Crippen LogP contribution is -2.65. The Bertz CT molecular complexity index is 4940. The predicted molar refractivity (Wildman–Crippen MR) is 363 cm³/mol. The molecule has 13 aromatic carbocycles. The molecule has 2 aromatic heterocycles. The van der Waals surface area contributed by atoms with E-state index in [-0.39, 0.29) is 13.4 Å². The zero-order chi connectivity index (χ0) is 56.1. The van der Waals surface area contributed by atoms with E-state index in [4.69, 9.17) is 0 Å². The molecule has 86 heavy (non-hydrogen) atoms. The van der Waals surface area contributed by atoms with Crippen LogP contribution >= 0.6 is 0 Å². The van der Waals surface area contributed by atoms with Crippen LogP contribution in [0, 0.1) is 0 Å². The molecule has 15 aromatic rings. The van der Waals surface area contributed by atoms with E-state index in [1.165, 1.54) is 88.1 Å². The molecule has 6 nitrogen and oxygen atoms in total. The highest BCUT2D eigenvalue weighted by molar-refractivity contribution is 7.03. The summed E-state index contributed by atoms with van der Waals surface area (Å²) < 4.78 is 4.98. The van der Waals surface area contributed by atoms with Crippen LogP contribution in [0.3, 0.4) is 0 Å². The average Bonchev–Trinajstić information content (AvgIpc) is 1.14. The van der Waals surface area contributed by atoms with Gasteiger partial charge in [-0.25, -0.2) is 0 Å². The van der Waals surface area contributed by atoms with Crippen LogP contribution in [-0.4, -0.2) is 22.6 Å². The van der Waals surface area contributed by atoms with Crippen molar-refractivity contribution >= 4 is 158 Å². The van der Waals surface area contributed by atoms with Crippen LogP contribution < -0.4 is 52.4 Å². The first-order valence-electron chi connectivity index (χ1n) is 29.8. The zero-order valence-corrected chi connectivity index (χ0v) is 46.7. The van der Waals surface area contributed by atoms with E-state index in [1.54, 1.807) is 0 Å². The van der Waals surface area contributed by atoms with Crippen LogP contribution in [0.25, 0.3) is 55.0 Å². The second-order valence-corrected chi connectivity index (χ2v) is 23.1. The maximum atomic E-state index is 2.66. The van der Waals surface area contributed by atoms with Crippen molar-refractivity contribution in [3.63, 3.8) is 0 Å². The number of anilines is 12. The van der Waals surface area contributed by atoms with Gasteiger partial charge in [0.15, 0.2) is 0 Å². The van der Waals surface area contributed by atoms with E-state index in [0.29, 0.717) is 0 Å². The standard InChI is InChI=1S/C78H50B2N6/c1-7-27-51(28-8-1)81-63-43-23-19-39-57(63)73-69(81)49-71-75-77(73)85(55-35-15-5-16-36-55)65-45-25-21-41-59(65)79(75)61-47-62-68(48-67(61)83(71)53-31-11-3-12-32-53)84(54-33-13-4-14-34-54)72-50-70-74(58-40-20-24-44-64(58)82(70)52-29-9-2-10-30-52)78-76(72)80(62)60-42-22-26-46-66(60)86(78)56-37-17-6-18-38-56/h1-50H. The fourth-order valence-electron chi connectivity index (χ4n) is 15.5. The van der Waals surface area contributed by atoms with Crippen molar-refractivity contribution in [1.29, 1.82) is 0 Å². The maximum Gasteiger partial charge on any atom is 0.252 e. The molecule has 0 fully saturated rings. The second-order valence-electron chi connectivity index (χ2n) is 23.1. The Kier molecular flexibility index (Phi) is 9.98. The van der Waals surface area contributed by atoms with Gasteiger partial charge in [-0.3, -0.25) is 0 Å². The van der Waals surface area contributed by atoms with E-state index in [9.17, 15) is 0 Å². The Morgan fingerprint density at radius 3 is 0.907 bits per heavy atom. The first-order chi connectivity index (χ1) is 42.8. The zero-order valence-electron chi connectivity index (χ0n) is 46.7. The Morgan fingerprint density at radius 1 is 0.209 bits per heavy atom. The van der Waals surface area contributed by atoms with Crippen LogP contribution in [-0.2, 0) is 0 Å². The predicted octanol–water partition coefficient (Wildman–Crippen LogP) is 16.0. The van der Waals surface area contributed by atoms with Gasteiger partial charge >= 0.3 is 0 Å². The lowest BCUT2D eigenvalue weighted by atomic mass is 9.30. The third-order valence-corrected chi connectivity index (χ3v) is 18.8. The Hall–Kier alpha value is -11.2. The highest BCUT2D eigenvalue weighted by Crippen LogP contribution is 2.54. The number of hydrogen-bond acceptors (Lipinski definition) is 4. The molecular formula is C78H50B2N6. The molecular weight excluding hydrogens is 1040 g/mol. The highest BCUT2D eigenvalue weighted by Gasteiger charge is 2.50. The van der Waals surface area contributed by atoms with Crippen molar-refractivity contribution in [2.45, 2.75) is 0 Å². The van der Waals surface area contributed by atoms with Crippen molar-refractivity contribution in [2.24, 2.45) is 0 Å². The molecule has 0 unspecified atom stereocenters. The van der Waals surface area contributed by atoms with Crippen molar-refractivity contribution in [2.75, 3.05) is 19.6 Å². The van der Waals surface area contributed by atoms with Crippen molar-refractivity contribution < 1.29 is 0 Å². The van der Waals surface area contributed by atoms with Gasteiger partial charge in [-0.1, -0.05) is 188 Å². The van der Waals surface area contributed by atoms with Gasteiger partial charge in [-0.15, -0.1) is 0 Å². The van der Waals surface area contributed by atoms with Gasteiger partial charge in [-0.05, 0) is 148 Å². The molecule has 4 aliphatic rings. The van der Waals surface area contributed by atoms with Gasteiger partial charge < -0.3 is 28.7 Å². The smallest absolute Gasteiger partial charge is 0.252 e. The van der Waals surface area contributed by atoms with Crippen molar-refractivity contribution in [3.8, 4) is 11.4 Å². The molecule has 398 valence electrons. The number of benzene rings is 13. The summed E-state index contributed by atoms with van der Waals surface area (Å²) in [6, 6.07) is 113. The monoisotopic (exact) mass is 1090 g/mol. The van der Waals surface area contributed by atoms with Crippen molar-refractivity contribution in [1.82, 2.24) is 9.13 Å². The number of nitrogens with zero attached hydrogens (tertiary/aromatic N) is 6. The fourth-order valence-corrected chi connectivity index (χ4v) is 15.5. The molecule has 0 saturated carbocycles. The fraction of sp³-hybridized carbons (Fsp3) is 0. The largest absolute Gasteiger partial charge is 0.311 e. The third-order valence-electron chi connectivity index (χ3n) is 18.8. The van der Waals surface area contributed by atoms with Gasteiger partial charge in [0.25, 0.3) is 13.4 Å². The van der Waals surface area contributed by atoms with Crippen LogP contribution in [0.4, 0.5) is 68.2 Å². The first kappa shape index (κ1) is 47.3. The summed E-state index contributed by atoms with van der Waals surface area (Å²) in [7, 11) is 0. The summed E-state index contributed by atoms with van der Waals surface area (Å²) in [5, 5.41) is 4.90.